The van der Waals surface area contributed by atoms with Gasteiger partial charge in [-0.15, -0.1) is 0 Å². The van der Waals surface area contributed by atoms with Crippen LogP contribution in [0.5, 0.6) is 0 Å². The van der Waals surface area contributed by atoms with Crippen molar-refractivity contribution in [2.24, 2.45) is 0 Å². The van der Waals surface area contributed by atoms with Crippen LogP contribution >= 0.6 is 22.6 Å². The molecule has 0 fully saturated rings. The van der Waals surface area contributed by atoms with Crippen LogP contribution in [0.1, 0.15) is 45.7 Å². The summed E-state index contributed by atoms with van der Waals surface area (Å²) in [7, 11) is 0. The molecule has 0 bridgehead atoms. The van der Waals surface area contributed by atoms with E-state index in [1.165, 1.54) is 32.2 Å². The highest BCUT2D eigenvalue weighted by atomic mass is 127. The summed E-state index contributed by atoms with van der Waals surface area (Å²) < 4.78 is 1.31. The Balaban J connectivity index is 0.000000922. The van der Waals surface area contributed by atoms with Gasteiger partial charge in [-0.1, -0.05) is 87.9 Å². The summed E-state index contributed by atoms with van der Waals surface area (Å²) in [4.78, 5) is 0. The molecule has 2 aromatic carbocycles. The van der Waals surface area contributed by atoms with Gasteiger partial charge in [0.15, 0.2) is 0 Å². The smallest absolute Gasteiger partial charge is 0.0281 e. The molecule has 0 saturated heterocycles. The maximum Gasteiger partial charge on any atom is 0.0281 e. The van der Waals surface area contributed by atoms with Crippen LogP contribution in [-0.2, 0) is 0 Å². The van der Waals surface area contributed by atoms with Crippen molar-refractivity contribution in [3.63, 3.8) is 0 Å². The van der Waals surface area contributed by atoms with E-state index in [1.807, 2.05) is 0 Å². The average molecular weight is 394 g/mol. The Labute approximate surface area is 144 Å². The Morgan fingerprint density at radius 1 is 1.00 bits per heavy atom. The first kappa shape index (κ1) is 19.9. The van der Waals surface area contributed by atoms with Gasteiger partial charge in [0.25, 0.3) is 0 Å². The van der Waals surface area contributed by atoms with E-state index in [9.17, 15) is 0 Å². The summed E-state index contributed by atoms with van der Waals surface area (Å²) in [6.45, 7) is 8.42. The van der Waals surface area contributed by atoms with Gasteiger partial charge in [-0.2, -0.15) is 0 Å². The fraction of sp³-hybridized carbons (Fsp3) is 0.300. The van der Waals surface area contributed by atoms with Crippen molar-refractivity contribution in [1.29, 1.82) is 0 Å². The van der Waals surface area contributed by atoms with Crippen molar-refractivity contribution in [3.8, 4) is 11.1 Å². The zero-order chi connectivity index (χ0) is 15.0. The van der Waals surface area contributed by atoms with Crippen LogP contribution in [0.3, 0.4) is 0 Å². The van der Waals surface area contributed by atoms with E-state index in [1.54, 1.807) is 0 Å². The lowest BCUT2D eigenvalue weighted by molar-refractivity contribution is 1.09. The van der Waals surface area contributed by atoms with Crippen molar-refractivity contribution < 1.29 is 0 Å². The molecule has 0 spiro atoms. The van der Waals surface area contributed by atoms with E-state index in [0.717, 1.165) is 0 Å². The second kappa shape index (κ2) is 10.6. The van der Waals surface area contributed by atoms with Crippen LogP contribution < -0.4 is 0 Å². The first-order valence-electron chi connectivity index (χ1n) is 7.12. The molecule has 2 rings (SSSR count). The van der Waals surface area contributed by atoms with Gasteiger partial charge in [0.05, 0.1) is 0 Å². The first-order valence-corrected chi connectivity index (χ1v) is 8.20. The summed E-state index contributed by atoms with van der Waals surface area (Å²) in [5.41, 5.74) is 5.17. The van der Waals surface area contributed by atoms with Gasteiger partial charge in [-0.3, -0.25) is 0 Å². The Morgan fingerprint density at radius 3 is 2.10 bits per heavy atom. The number of aryl methyl sites for hydroxylation is 1. The molecular weight excluding hydrogens is 367 g/mol. The van der Waals surface area contributed by atoms with E-state index in [-0.39, 0.29) is 7.43 Å². The molecule has 0 aliphatic heterocycles. The number of rotatable bonds is 2. The van der Waals surface area contributed by atoms with Gasteiger partial charge in [0.1, 0.15) is 0 Å². The zero-order valence-corrected chi connectivity index (χ0v) is 14.9. The average Bonchev–Trinajstić information content (AvgIpc) is 2.43. The maximum absolute atomic E-state index is 2.43. The fourth-order valence-electron chi connectivity index (χ4n) is 1.81. The summed E-state index contributed by atoms with van der Waals surface area (Å²) in [5.74, 6) is 0. The standard InChI is InChI=1S/C16H15I.C3H8.CH4/c1-3-5-14-6-4-7-15(16(14)17)13-10-8-12(2)9-11-13;1-3-2;/h3-11H,1-2H3;3H2,1-2H3;1H4/b5-3-;;. The number of allylic oxidation sites excluding steroid dienone is 1. The molecular formula is C20H27I. The van der Waals surface area contributed by atoms with Crippen LogP contribution in [0.25, 0.3) is 17.2 Å². The quantitative estimate of drug-likeness (QED) is 0.467. The number of benzene rings is 2. The number of hydrogen-bond donors (Lipinski definition) is 0. The lowest BCUT2D eigenvalue weighted by Crippen LogP contribution is -1.87. The minimum absolute atomic E-state index is 0. The van der Waals surface area contributed by atoms with Gasteiger partial charge in [-0.05, 0) is 53.1 Å². The van der Waals surface area contributed by atoms with Crippen molar-refractivity contribution in [2.75, 3.05) is 0 Å². The molecule has 0 amide bonds. The van der Waals surface area contributed by atoms with E-state index in [2.05, 4.69) is 105 Å². The number of hydrogen-bond acceptors (Lipinski definition) is 0. The van der Waals surface area contributed by atoms with E-state index in [4.69, 9.17) is 0 Å². The molecule has 0 N–H and O–H groups in total. The highest BCUT2D eigenvalue weighted by molar-refractivity contribution is 14.1. The molecule has 1 heteroatoms. The molecule has 0 aromatic heterocycles. The van der Waals surface area contributed by atoms with Crippen molar-refractivity contribution in [1.82, 2.24) is 0 Å². The molecule has 2 aromatic rings. The fourth-order valence-corrected chi connectivity index (χ4v) is 2.66. The minimum Gasteiger partial charge on any atom is -0.0870 e. The van der Waals surface area contributed by atoms with Crippen molar-refractivity contribution >= 4 is 28.7 Å². The normalized spacial score (nSPS) is 9.76. The molecule has 0 aliphatic carbocycles. The topological polar surface area (TPSA) is 0 Å². The van der Waals surface area contributed by atoms with Gasteiger partial charge >= 0.3 is 0 Å². The van der Waals surface area contributed by atoms with E-state index < -0.39 is 0 Å². The maximum atomic E-state index is 2.43. The summed E-state index contributed by atoms with van der Waals surface area (Å²) in [6, 6.07) is 15.1. The van der Waals surface area contributed by atoms with Gasteiger partial charge in [-0.25, -0.2) is 0 Å². The molecule has 114 valence electrons. The van der Waals surface area contributed by atoms with Gasteiger partial charge in [0.2, 0.25) is 0 Å². The Hall–Kier alpha value is -1.09. The Morgan fingerprint density at radius 2 is 1.57 bits per heavy atom. The molecule has 0 heterocycles. The molecule has 21 heavy (non-hydrogen) atoms. The lowest BCUT2D eigenvalue weighted by Gasteiger charge is -2.08. The molecule has 0 nitrogen and oxygen atoms in total. The summed E-state index contributed by atoms with van der Waals surface area (Å²) in [5, 5.41) is 0. The minimum atomic E-state index is 0. The highest BCUT2D eigenvalue weighted by Crippen LogP contribution is 2.28. The monoisotopic (exact) mass is 394 g/mol. The second-order valence-corrected chi connectivity index (χ2v) is 5.86. The molecule has 0 atom stereocenters. The lowest BCUT2D eigenvalue weighted by atomic mass is 10.0. The zero-order valence-electron chi connectivity index (χ0n) is 12.8. The molecule has 0 radical (unpaired) electrons. The van der Waals surface area contributed by atoms with Crippen LogP contribution in [0.15, 0.2) is 48.5 Å². The summed E-state index contributed by atoms with van der Waals surface area (Å²) in [6.07, 6.45) is 5.48. The molecule has 0 aliphatic rings. The van der Waals surface area contributed by atoms with Gasteiger partial charge < -0.3 is 0 Å². The second-order valence-electron chi connectivity index (χ2n) is 4.78. The van der Waals surface area contributed by atoms with Crippen LogP contribution in [0.2, 0.25) is 0 Å². The van der Waals surface area contributed by atoms with E-state index in [0.29, 0.717) is 0 Å². The summed E-state index contributed by atoms with van der Waals surface area (Å²) >= 11 is 2.43. The van der Waals surface area contributed by atoms with E-state index >= 15 is 0 Å². The third-order valence-corrected chi connectivity index (χ3v) is 3.94. The third kappa shape index (κ3) is 6.04. The SMILES string of the molecule is C.C/C=C\c1cccc(-c2ccc(C)cc2)c1I.CCC. The third-order valence-electron chi connectivity index (χ3n) is 2.74. The van der Waals surface area contributed by atoms with Crippen LogP contribution in [0.4, 0.5) is 0 Å². The Bertz CT molecular complexity index is 551. The molecule has 0 saturated carbocycles. The molecule has 0 unspecified atom stereocenters. The first-order chi connectivity index (χ1) is 9.63. The van der Waals surface area contributed by atoms with Crippen LogP contribution in [-0.4, -0.2) is 0 Å². The van der Waals surface area contributed by atoms with Gasteiger partial charge in [0, 0.05) is 3.57 Å². The van der Waals surface area contributed by atoms with Crippen LogP contribution in [0, 0.1) is 10.5 Å². The highest BCUT2D eigenvalue weighted by Gasteiger charge is 2.05. The van der Waals surface area contributed by atoms with Crippen molar-refractivity contribution in [3.05, 3.63) is 63.2 Å². The Kier molecular flexibility index (Phi) is 10.1. The predicted molar refractivity (Wildman–Crippen MR) is 107 cm³/mol. The largest absolute Gasteiger partial charge is 0.0870 e. The number of halogens is 1. The van der Waals surface area contributed by atoms with Crippen molar-refractivity contribution in [2.45, 2.75) is 41.5 Å². The predicted octanol–water partition coefficient (Wildman–Crippen LogP) is 7.35.